The Balaban J connectivity index is 1.26. The summed E-state index contributed by atoms with van der Waals surface area (Å²) in [7, 11) is 1.66. The smallest absolute Gasteiger partial charge is 0.342 e. The first kappa shape index (κ1) is 23.7. The van der Waals surface area contributed by atoms with Crippen LogP contribution in [-0.4, -0.2) is 63.7 Å². The van der Waals surface area contributed by atoms with Gasteiger partial charge in [0.1, 0.15) is 6.04 Å². The van der Waals surface area contributed by atoms with E-state index in [1.807, 2.05) is 18.2 Å². The number of nitrogens with one attached hydrogen (secondary N) is 1. The number of carbonyl (C=O) groups is 2. The molecule has 2 aliphatic rings. The minimum absolute atomic E-state index is 0.185. The fourth-order valence-electron chi connectivity index (χ4n) is 4.17. The van der Waals surface area contributed by atoms with E-state index in [9.17, 15) is 19.1 Å². The van der Waals surface area contributed by atoms with E-state index in [1.54, 1.807) is 19.2 Å². The number of hydrogen-bond donors (Lipinski definition) is 2. The van der Waals surface area contributed by atoms with Crippen molar-refractivity contribution in [2.24, 2.45) is 0 Å². The van der Waals surface area contributed by atoms with Crippen LogP contribution in [0.5, 0.6) is 0 Å². The first-order valence-electron chi connectivity index (χ1n) is 11.5. The number of anilines is 1. The SMILES string of the molecule is CN1C(=O)C(NC(=O)n2cc(Cc3cccc(F)n3)cn2)CCc2ccc(C#CC3(O)COC3)cc21. The summed E-state index contributed by atoms with van der Waals surface area (Å²) in [4.78, 5) is 31.3. The van der Waals surface area contributed by atoms with Crippen molar-refractivity contribution in [3.8, 4) is 11.8 Å². The van der Waals surface area contributed by atoms with Crippen LogP contribution in [0.15, 0.2) is 48.8 Å². The van der Waals surface area contributed by atoms with Gasteiger partial charge < -0.3 is 20.1 Å². The average molecular weight is 490 g/mol. The molecule has 0 aliphatic carbocycles. The molecular formula is C26H24FN5O4. The van der Waals surface area contributed by atoms with Gasteiger partial charge in [0.25, 0.3) is 0 Å². The summed E-state index contributed by atoms with van der Waals surface area (Å²) in [5.41, 5.74) is 2.43. The van der Waals surface area contributed by atoms with Crippen LogP contribution in [0.25, 0.3) is 0 Å². The van der Waals surface area contributed by atoms with Gasteiger partial charge in [-0.25, -0.2) is 9.78 Å². The van der Waals surface area contributed by atoms with Crippen molar-refractivity contribution < 1.29 is 23.8 Å². The molecule has 2 N–H and O–H groups in total. The molecule has 184 valence electrons. The molecule has 1 aromatic carbocycles. The first-order chi connectivity index (χ1) is 17.3. The van der Waals surface area contributed by atoms with Crippen molar-refractivity contribution in [3.05, 3.63) is 77.1 Å². The average Bonchev–Trinajstić information content (AvgIpc) is 3.28. The highest BCUT2D eigenvalue weighted by Gasteiger charge is 2.34. The van der Waals surface area contributed by atoms with Crippen LogP contribution < -0.4 is 10.2 Å². The Morgan fingerprint density at radius 3 is 2.92 bits per heavy atom. The van der Waals surface area contributed by atoms with Crippen molar-refractivity contribution in [2.45, 2.75) is 30.9 Å². The number of amides is 2. The van der Waals surface area contributed by atoms with Crippen LogP contribution in [0.2, 0.25) is 0 Å². The third-order valence-corrected chi connectivity index (χ3v) is 6.20. The van der Waals surface area contributed by atoms with Gasteiger partial charge in [-0.1, -0.05) is 24.0 Å². The number of aryl methyl sites for hydroxylation is 1. The number of aliphatic hydroxyl groups is 1. The van der Waals surface area contributed by atoms with Crippen LogP contribution in [0, 0.1) is 17.8 Å². The molecule has 0 bridgehead atoms. The van der Waals surface area contributed by atoms with Gasteiger partial charge in [-0.2, -0.15) is 14.2 Å². The van der Waals surface area contributed by atoms with Gasteiger partial charge >= 0.3 is 6.03 Å². The fourth-order valence-corrected chi connectivity index (χ4v) is 4.17. The molecule has 1 fully saturated rings. The molecule has 10 heteroatoms. The minimum atomic E-state index is -1.12. The molecule has 1 saturated heterocycles. The van der Waals surface area contributed by atoms with E-state index < -0.39 is 23.6 Å². The molecule has 2 aromatic heterocycles. The summed E-state index contributed by atoms with van der Waals surface area (Å²) in [5.74, 6) is 4.95. The zero-order valence-corrected chi connectivity index (χ0v) is 19.6. The quantitative estimate of drug-likeness (QED) is 0.428. The number of carbonyl (C=O) groups excluding carboxylic acids is 2. The molecular weight excluding hydrogens is 465 g/mol. The van der Waals surface area contributed by atoms with Crippen LogP contribution in [0.1, 0.15) is 28.8 Å². The lowest BCUT2D eigenvalue weighted by atomic mass is 10.0. The molecule has 0 radical (unpaired) electrons. The second-order valence-corrected chi connectivity index (χ2v) is 8.98. The van der Waals surface area contributed by atoms with E-state index in [1.165, 1.54) is 23.4 Å². The second kappa shape index (κ2) is 9.53. The number of ether oxygens (including phenoxy) is 1. The molecule has 2 aliphatic heterocycles. The molecule has 3 aromatic rings. The van der Waals surface area contributed by atoms with Gasteiger partial charge in [0.05, 0.1) is 19.4 Å². The highest BCUT2D eigenvalue weighted by atomic mass is 19.1. The summed E-state index contributed by atoms with van der Waals surface area (Å²) in [6, 6.07) is 8.83. The first-order valence-corrected chi connectivity index (χ1v) is 11.5. The number of rotatable bonds is 3. The van der Waals surface area contributed by atoms with Crippen LogP contribution >= 0.6 is 0 Å². The fraction of sp³-hybridized carbons (Fsp3) is 0.308. The normalized spacial score (nSPS) is 18.4. The Bertz CT molecular complexity index is 1390. The molecule has 5 rings (SSSR count). The van der Waals surface area contributed by atoms with Crippen molar-refractivity contribution in [1.29, 1.82) is 0 Å². The maximum Gasteiger partial charge on any atom is 0.342 e. The number of hydrogen-bond acceptors (Lipinski definition) is 6. The third-order valence-electron chi connectivity index (χ3n) is 6.20. The van der Waals surface area contributed by atoms with Gasteiger partial charge in [-0.05, 0) is 48.2 Å². The lowest BCUT2D eigenvalue weighted by Gasteiger charge is -2.30. The van der Waals surface area contributed by atoms with Gasteiger partial charge in [0, 0.05) is 36.6 Å². The molecule has 1 unspecified atom stereocenters. The highest BCUT2D eigenvalue weighted by molar-refractivity contribution is 6.00. The monoisotopic (exact) mass is 489 g/mol. The van der Waals surface area contributed by atoms with Crippen LogP contribution in [0.3, 0.4) is 0 Å². The lowest BCUT2D eigenvalue weighted by molar-refractivity contribution is -0.140. The third kappa shape index (κ3) is 4.98. The number of benzene rings is 1. The predicted octanol–water partition coefficient (Wildman–Crippen LogP) is 1.66. The van der Waals surface area contributed by atoms with Crippen molar-refractivity contribution in [3.63, 3.8) is 0 Å². The molecule has 2 amide bonds. The lowest BCUT2D eigenvalue weighted by Crippen LogP contribution is -2.48. The van der Waals surface area contributed by atoms with E-state index in [2.05, 4.69) is 27.2 Å². The summed E-state index contributed by atoms with van der Waals surface area (Å²) < 4.78 is 19.5. The topological polar surface area (TPSA) is 110 Å². The molecule has 1 atom stereocenters. The van der Waals surface area contributed by atoms with Crippen molar-refractivity contribution in [2.75, 3.05) is 25.2 Å². The van der Waals surface area contributed by atoms with E-state index in [-0.39, 0.29) is 19.1 Å². The second-order valence-electron chi connectivity index (χ2n) is 8.98. The largest absolute Gasteiger partial charge is 0.373 e. The Morgan fingerprint density at radius 2 is 2.17 bits per heavy atom. The number of likely N-dealkylation sites (N-methyl/N-ethyl adjacent to an activating group) is 1. The van der Waals surface area contributed by atoms with E-state index in [0.29, 0.717) is 41.8 Å². The predicted molar refractivity (Wildman–Crippen MR) is 128 cm³/mol. The summed E-state index contributed by atoms with van der Waals surface area (Å²) in [6.45, 7) is 0.369. The van der Waals surface area contributed by atoms with Crippen LogP contribution in [0.4, 0.5) is 14.9 Å². The molecule has 4 heterocycles. The standard InChI is InChI=1S/C26H24FN5O4/c1-31-22-12-17(9-10-26(35)15-36-16-26)5-6-19(22)7-8-21(24(31)33)30-25(34)32-14-18(13-28-32)11-20-3-2-4-23(27)29-20/h2-6,12-14,21,35H,7-8,11,15-16H2,1H3,(H,30,34). The van der Waals surface area contributed by atoms with Gasteiger partial charge in [0.2, 0.25) is 11.9 Å². The summed E-state index contributed by atoms with van der Waals surface area (Å²) >= 11 is 0. The Labute approximate surface area is 206 Å². The number of halogens is 1. The van der Waals surface area contributed by atoms with Crippen molar-refractivity contribution in [1.82, 2.24) is 20.1 Å². The van der Waals surface area contributed by atoms with E-state index >= 15 is 0 Å². The number of nitrogens with zero attached hydrogens (tertiary/aromatic N) is 4. The maximum absolute atomic E-state index is 13.3. The zero-order valence-electron chi connectivity index (χ0n) is 19.6. The molecule has 0 spiro atoms. The van der Waals surface area contributed by atoms with Crippen LogP contribution in [-0.2, 0) is 22.4 Å². The molecule has 36 heavy (non-hydrogen) atoms. The number of aromatic nitrogens is 3. The Hall–Kier alpha value is -4.07. The van der Waals surface area contributed by atoms with E-state index in [4.69, 9.17) is 4.74 Å². The van der Waals surface area contributed by atoms with Gasteiger partial charge in [-0.3, -0.25) is 4.79 Å². The molecule has 9 nitrogen and oxygen atoms in total. The number of pyridine rings is 1. The molecule has 0 saturated carbocycles. The zero-order chi connectivity index (χ0) is 25.3. The van der Waals surface area contributed by atoms with E-state index in [0.717, 1.165) is 10.2 Å². The maximum atomic E-state index is 13.3. The summed E-state index contributed by atoms with van der Waals surface area (Å²) in [6.07, 6.45) is 4.37. The Kier molecular flexibility index (Phi) is 6.26. The highest BCUT2D eigenvalue weighted by Crippen LogP contribution is 2.27. The van der Waals surface area contributed by atoms with Crippen molar-refractivity contribution >= 4 is 17.6 Å². The Morgan fingerprint density at radius 1 is 1.33 bits per heavy atom. The number of fused-ring (bicyclic) bond motifs is 1. The minimum Gasteiger partial charge on any atom is -0.373 e. The summed E-state index contributed by atoms with van der Waals surface area (Å²) in [5, 5.41) is 17.0. The van der Waals surface area contributed by atoms with Gasteiger partial charge in [-0.15, -0.1) is 0 Å². The van der Waals surface area contributed by atoms with Gasteiger partial charge in [0.15, 0.2) is 5.60 Å².